The van der Waals surface area contributed by atoms with Crippen LogP contribution in [0, 0.1) is 0 Å². The molecule has 1 unspecified atom stereocenters. The van der Waals surface area contributed by atoms with Gasteiger partial charge in [0.1, 0.15) is 12.6 Å². The number of esters is 2. The number of phosphoric acid groups is 1. The van der Waals surface area contributed by atoms with E-state index in [1.54, 1.807) is 6.08 Å². The summed E-state index contributed by atoms with van der Waals surface area (Å²) in [6.45, 7) is 2.47. The van der Waals surface area contributed by atoms with Gasteiger partial charge < -0.3 is 30.3 Å². The second-order valence-electron chi connectivity index (χ2n) is 13.9. The number of unbranched alkanes of at least 4 members (excludes halogenated alkanes) is 8. The maximum Gasteiger partial charge on any atom is 0.472 e. The molecule has 0 bridgehead atoms. The van der Waals surface area contributed by atoms with Gasteiger partial charge in [0.15, 0.2) is 6.10 Å². The normalized spacial score (nSPS) is 15.2. The summed E-state index contributed by atoms with van der Waals surface area (Å²) in [6, 6.07) is -1.55. The lowest BCUT2D eigenvalue weighted by molar-refractivity contribution is -0.161. The Bertz CT molecular complexity index is 1380. The van der Waals surface area contributed by atoms with Gasteiger partial charge in [0.2, 0.25) is 0 Å². The van der Waals surface area contributed by atoms with E-state index in [4.69, 9.17) is 24.8 Å². The number of aliphatic hydroxyl groups is 1. The van der Waals surface area contributed by atoms with Crippen molar-refractivity contribution in [3.63, 3.8) is 0 Å². The molecule has 0 amide bonds. The Balaban J connectivity index is 4.60. The Morgan fingerprint density at radius 3 is 1.81 bits per heavy atom. The first-order chi connectivity index (χ1) is 28.5. The zero-order valence-electron chi connectivity index (χ0n) is 35.7. The topological polar surface area (TPSA) is 192 Å². The van der Waals surface area contributed by atoms with Crippen LogP contribution in [0.25, 0.3) is 0 Å². The second-order valence-corrected chi connectivity index (χ2v) is 15.4. The van der Waals surface area contributed by atoms with Crippen LogP contribution in [0.15, 0.2) is 97.2 Å². The Kier molecular flexibility index (Phi) is 37.3. The molecule has 0 saturated heterocycles. The largest absolute Gasteiger partial charge is 0.480 e. The number of carboxylic acids is 1. The number of phosphoric ester groups is 1. The Morgan fingerprint density at radius 1 is 0.627 bits per heavy atom. The monoisotopic (exact) mass is 847 g/mol. The maximum absolute atomic E-state index is 12.6. The number of aliphatic carboxylic acids is 1. The molecule has 4 atom stereocenters. The second kappa shape index (κ2) is 39.8. The van der Waals surface area contributed by atoms with Crippen molar-refractivity contribution < 1.29 is 52.6 Å². The quantitative estimate of drug-likeness (QED) is 0.0151. The van der Waals surface area contributed by atoms with Crippen molar-refractivity contribution in [1.29, 1.82) is 0 Å². The van der Waals surface area contributed by atoms with Crippen molar-refractivity contribution >= 4 is 25.7 Å². The van der Waals surface area contributed by atoms with Crippen LogP contribution in [-0.4, -0.2) is 71.1 Å². The smallest absolute Gasteiger partial charge is 0.472 e. The highest BCUT2D eigenvalue weighted by atomic mass is 31.2. The molecular formula is C46H74NO11P. The minimum absolute atomic E-state index is 0.0416. The zero-order valence-corrected chi connectivity index (χ0v) is 36.6. The first kappa shape index (κ1) is 55.4. The van der Waals surface area contributed by atoms with Crippen molar-refractivity contribution in [2.75, 3.05) is 19.8 Å². The minimum Gasteiger partial charge on any atom is -0.480 e. The average Bonchev–Trinajstić information content (AvgIpc) is 3.21. The van der Waals surface area contributed by atoms with Crippen molar-refractivity contribution in [1.82, 2.24) is 0 Å². The molecule has 12 nitrogen and oxygen atoms in total. The van der Waals surface area contributed by atoms with Crippen LogP contribution in [0.5, 0.6) is 0 Å². The van der Waals surface area contributed by atoms with Crippen LogP contribution in [0.3, 0.4) is 0 Å². The molecule has 0 spiro atoms. The van der Waals surface area contributed by atoms with E-state index < -0.39 is 63.8 Å². The fourth-order valence-corrected chi connectivity index (χ4v) is 5.79. The van der Waals surface area contributed by atoms with Crippen LogP contribution in [0.1, 0.15) is 136 Å². The SMILES string of the molecule is CC/C=C\C/C=C\C/C=C\C/C=C\CCCCCCC(=O)OC[C@H](COP(=O)(O)OC[C@H](N)C(=O)O)OC(=O)CCC/C=C\C/C=C\C=C\[C@@H](O)C/C=C\CCCCC. The molecular weight excluding hydrogens is 773 g/mol. The molecule has 0 rings (SSSR count). The molecule has 0 aliphatic rings. The van der Waals surface area contributed by atoms with Crippen LogP contribution in [-0.2, 0) is 37.5 Å². The van der Waals surface area contributed by atoms with E-state index in [0.29, 0.717) is 32.1 Å². The highest BCUT2D eigenvalue weighted by Crippen LogP contribution is 2.43. The third kappa shape index (κ3) is 39.6. The molecule has 0 aromatic carbocycles. The molecule has 5 N–H and O–H groups in total. The van der Waals surface area contributed by atoms with Gasteiger partial charge in [0.25, 0.3) is 0 Å². The Hall–Kier alpha value is -3.64. The van der Waals surface area contributed by atoms with Crippen molar-refractivity contribution in [2.45, 2.75) is 154 Å². The number of allylic oxidation sites excluding steroid dienone is 14. The van der Waals surface area contributed by atoms with Gasteiger partial charge in [-0.05, 0) is 83.5 Å². The van der Waals surface area contributed by atoms with Gasteiger partial charge in [-0.15, -0.1) is 0 Å². The lowest BCUT2D eigenvalue weighted by Crippen LogP contribution is -2.34. The van der Waals surface area contributed by atoms with Crippen molar-refractivity contribution in [2.24, 2.45) is 5.73 Å². The summed E-state index contributed by atoms with van der Waals surface area (Å²) in [6.07, 6.45) is 46.5. The van der Waals surface area contributed by atoms with E-state index >= 15 is 0 Å². The van der Waals surface area contributed by atoms with Crippen LogP contribution >= 0.6 is 7.82 Å². The number of ether oxygens (including phenoxy) is 2. The number of hydrogen-bond acceptors (Lipinski definition) is 10. The van der Waals surface area contributed by atoms with Gasteiger partial charge in [0, 0.05) is 12.8 Å². The van der Waals surface area contributed by atoms with E-state index in [1.807, 2.05) is 36.5 Å². The molecule has 0 fully saturated rings. The van der Waals surface area contributed by atoms with Crippen molar-refractivity contribution in [3.05, 3.63) is 97.2 Å². The highest BCUT2D eigenvalue weighted by molar-refractivity contribution is 7.47. The van der Waals surface area contributed by atoms with Crippen molar-refractivity contribution in [3.8, 4) is 0 Å². The molecule has 0 aliphatic carbocycles. The van der Waals surface area contributed by atoms with Gasteiger partial charge in [0.05, 0.1) is 19.3 Å². The molecule has 13 heteroatoms. The van der Waals surface area contributed by atoms with Crippen LogP contribution < -0.4 is 5.73 Å². The first-order valence-corrected chi connectivity index (χ1v) is 22.9. The number of carbonyl (C=O) groups excluding carboxylic acids is 2. The van der Waals surface area contributed by atoms with Crippen LogP contribution in [0.4, 0.5) is 0 Å². The highest BCUT2D eigenvalue weighted by Gasteiger charge is 2.28. The number of rotatable bonds is 38. The molecule has 0 aromatic rings. The maximum atomic E-state index is 12.6. The van der Waals surface area contributed by atoms with Crippen LogP contribution in [0.2, 0.25) is 0 Å². The first-order valence-electron chi connectivity index (χ1n) is 21.4. The summed E-state index contributed by atoms with van der Waals surface area (Å²) in [5, 5.41) is 18.9. The minimum atomic E-state index is -4.76. The molecule has 0 radical (unpaired) electrons. The average molecular weight is 848 g/mol. The zero-order chi connectivity index (χ0) is 43.7. The summed E-state index contributed by atoms with van der Waals surface area (Å²) in [7, 11) is -4.76. The van der Waals surface area contributed by atoms with Gasteiger partial charge in [-0.25, -0.2) is 4.57 Å². The fourth-order valence-electron chi connectivity index (χ4n) is 5.01. The number of hydrogen-bond donors (Lipinski definition) is 4. The van der Waals surface area contributed by atoms with Gasteiger partial charge >= 0.3 is 25.7 Å². The third-order valence-corrected chi connectivity index (χ3v) is 9.35. The van der Waals surface area contributed by atoms with E-state index in [1.165, 1.54) is 19.3 Å². The lowest BCUT2D eigenvalue weighted by Gasteiger charge is -2.20. The summed E-state index contributed by atoms with van der Waals surface area (Å²) >= 11 is 0. The molecule has 0 heterocycles. The van der Waals surface area contributed by atoms with E-state index in [2.05, 4.69) is 73.1 Å². The van der Waals surface area contributed by atoms with E-state index in [0.717, 1.165) is 57.8 Å². The Morgan fingerprint density at radius 2 is 1.17 bits per heavy atom. The number of aliphatic hydroxyl groups excluding tert-OH is 1. The summed E-state index contributed by atoms with van der Waals surface area (Å²) in [4.78, 5) is 45.9. The molecule has 0 saturated carbocycles. The Labute approximate surface area is 354 Å². The summed E-state index contributed by atoms with van der Waals surface area (Å²) in [5.41, 5.74) is 5.32. The summed E-state index contributed by atoms with van der Waals surface area (Å²) < 4.78 is 32.6. The van der Waals surface area contributed by atoms with Gasteiger partial charge in [-0.3, -0.25) is 23.4 Å². The lowest BCUT2D eigenvalue weighted by atomic mass is 10.1. The number of carboxylic acid groups (broad SMARTS) is 1. The van der Waals surface area contributed by atoms with Gasteiger partial charge in [-0.2, -0.15) is 0 Å². The molecule has 334 valence electrons. The number of carbonyl (C=O) groups is 3. The molecule has 0 aliphatic heterocycles. The predicted molar refractivity (Wildman–Crippen MR) is 236 cm³/mol. The molecule has 0 aromatic heterocycles. The third-order valence-electron chi connectivity index (χ3n) is 8.40. The predicted octanol–water partition coefficient (Wildman–Crippen LogP) is 10.2. The van der Waals surface area contributed by atoms with Gasteiger partial charge in [-0.1, -0.05) is 137 Å². The van der Waals surface area contributed by atoms with E-state index in [-0.39, 0.29) is 12.8 Å². The fraction of sp³-hybridized carbons (Fsp3) is 0.587. The molecule has 59 heavy (non-hydrogen) atoms. The van der Waals surface area contributed by atoms with E-state index in [9.17, 15) is 28.9 Å². The number of nitrogens with two attached hydrogens (primary N) is 1. The summed E-state index contributed by atoms with van der Waals surface area (Å²) in [5.74, 6) is -2.55. The standard InChI is InChI=1S/C46H74NO11P/c1-3-5-7-9-11-12-13-14-15-16-17-18-19-20-24-28-32-36-44(49)55-38-42(39-56-59(53,54)57-40-43(47)46(51)52)58-45(50)37-33-29-25-22-21-23-27-31-35-41(48)34-30-26-10-8-6-4-2/h5,7,11-12,14-15,17-18,22-23,25-27,30-31,35,41-43,48H,3-4,6,8-10,13,16,19-21,24,28-29,32-34,36-40,47H2,1-2H3,(H,51,52)(H,53,54)/b7-5-,12-11-,15-14-,18-17-,25-22-,27-23-,30-26-,35-31+/t41-,42+,43-/m0/s1.